The fourth-order valence-electron chi connectivity index (χ4n) is 8.08. The van der Waals surface area contributed by atoms with Crippen LogP contribution >= 0.6 is 0 Å². The normalized spacial score (nSPS) is 21.2. The molecule has 222 valence electrons. The molecule has 0 N–H and O–H groups in total. The van der Waals surface area contributed by atoms with Gasteiger partial charge < -0.3 is 18.9 Å². The van der Waals surface area contributed by atoms with Crippen LogP contribution in [0.2, 0.25) is 0 Å². The van der Waals surface area contributed by atoms with E-state index in [1.165, 1.54) is 38.5 Å². The fraction of sp³-hybridized carbons (Fsp3) is 0.526. The molecule has 2 heterocycles. The molecule has 0 amide bonds. The first-order chi connectivity index (χ1) is 20.6. The highest BCUT2D eigenvalue weighted by atomic mass is 16.7. The van der Waals surface area contributed by atoms with Crippen molar-refractivity contribution in [2.45, 2.75) is 90.6 Å². The maximum Gasteiger partial charge on any atom is 0.183 e. The first kappa shape index (κ1) is 28.3. The molecule has 0 atom stereocenters. The van der Waals surface area contributed by atoms with E-state index in [2.05, 4.69) is 62.4 Å². The van der Waals surface area contributed by atoms with Gasteiger partial charge in [0.05, 0.1) is 26.4 Å². The second-order valence-electron chi connectivity index (χ2n) is 13.5. The summed E-state index contributed by atoms with van der Waals surface area (Å²) in [5.41, 5.74) is 12.1. The Morgan fingerprint density at radius 3 is 1.17 bits per heavy atom. The van der Waals surface area contributed by atoms with E-state index < -0.39 is 0 Å². The number of unbranched alkanes of at least 4 members (excludes halogenated alkanes) is 2. The Hall–Kier alpha value is -2.50. The van der Waals surface area contributed by atoms with Crippen molar-refractivity contribution in [2.24, 2.45) is 10.8 Å². The van der Waals surface area contributed by atoms with Gasteiger partial charge in [-0.15, -0.1) is 0 Å². The molecule has 4 nitrogen and oxygen atoms in total. The number of ether oxygens (including phenoxy) is 4. The summed E-state index contributed by atoms with van der Waals surface area (Å²) in [6.45, 7) is 7.69. The number of rotatable bonds is 8. The summed E-state index contributed by atoms with van der Waals surface area (Å²) in [5, 5.41) is 0. The molecular formula is C38H46O4. The summed E-state index contributed by atoms with van der Waals surface area (Å²) in [6, 6.07) is 20.8. The molecule has 2 fully saturated rings. The van der Waals surface area contributed by atoms with Crippen LogP contribution < -0.4 is 0 Å². The standard InChI is InChI=1S/C38H46O4/c1-3-5-17-29-31-19-37(23-39-35(40-24-37)27-13-9-7-10-14-27)21-33(31)30(18-6-4-2)34-22-38(20-32(29)34)25-41-36(42-26-38)28-15-11-8-12-16-28/h7-16,35-36H,3-6,17-26H2,1-2H3. The Kier molecular flexibility index (Phi) is 8.00. The highest BCUT2D eigenvalue weighted by molar-refractivity contribution is 5.58. The largest absolute Gasteiger partial charge is 0.348 e. The molecule has 2 spiro atoms. The van der Waals surface area contributed by atoms with Gasteiger partial charge in [-0.25, -0.2) is 0 Å². The van der Waals surface area contributed by atoms with Gasteiger partial charge in [-0.1, -0.05) is 87.4 Å². The third-order valence-corrected chi connectivity index (χ3v) is 10.3. The van der Waals surface area contributed by atoms with Gasteiger partial charge in [-0.3, -0.25) is 0 Å². The van der Waals surface area contributed by atoms with E-state index in [1.807, 2.05) is 12.1 Å². The zero-order valence-electron chi connectivity index (χ0n) is 25.5. The van der Waals surface area contributed by atoms with E-state index in [0.29, 0.717) is 0 Å². The molecule has 7 rings (SSSR count). The molecule has 2 saturated heterocycles. The molecule has 2 aliphatic heterocycles. The van der Waals surface area contributed by atoms with Gasteiger partial charge in [-0.2, -0.15) is 0 Å². The van der Waals surface area contributed by atoms with Gasteiger partial charge in [0, 0.05) is 22.0 Å². The molecule has 0 bridgehead atoms. The lowest BCUT2D eigenvalue weighted by molar-refractivity contribution is -0.232. The van der Waals surface area contributed by atoms with E-state index in [1.54, 1.807) is 33.4 Å². The van der Waals surface area contributed by atoms with Crippen LogP contribution in [0.1, 0.15) is 96.6 Å². The number of fused-ring (bicyclic) bond motifs is 2. The van der Waals surface area contributed by atoms with Crippen LogP contribution in [0.5, 0.6) is 0 Å². The Bertz CT molecular complexity index is 1220. The van der Waals surface area contributed by atoms with Crippen molar-refractivity contribution < 1.29 is 18.9 Å². The minimum Gasteiger partial charge on any atom is -0.348 e. The second-order valence-corrected chi connectivity index (χ2v) is 13.5. The molecule has 4 aliphatic rings. The fourth-order valence-corrected chi connectivity index (χ4v) is 8.08. The monoisotopic (exact) mass is 566 g/mol. The van der Waals surface area contributed by atoms with Crippen LogP contribution in [0.15, 0.2) is 60.7 Å². The maximum atomic E-state index is 6.46. The van der Waals surface area contributed by atoms with Crippen molar-refractivity contribution in [2.75, 3.05) is 26.4 Å². The molecule has 3 aromatic rings. The number of benzene rings is 3. The van der Waals surface area contributed by atoms with Crippen molar-refractivity contribution in [3.63, 3.8) is 0 Å². The van der Waals surface area contributed by atoms with Crippen molar-refractivity contribution >= 4 is 0 Å². The van der Waals surface area contributed by atoms with Gasteiger partial charge >= 0.3 is 0 Å². The zero-order chi connectivity index (χ0) is 28.6. The minimum atomic E-state index is -0.254. The van der Waals surface area contributed by atoms with Crippen LogP contribution in [0.25, 0.3) is 0 Å². The predicted molar refractivity (Wildman–Crippen MR) is 166 cm³/mol. The van der Waals surface area contributed by atoms with Gasteiger partial charge in [0.1, 0.15) is 0 Å². The Morgan fingerprint density at radius 1 is 0.524 bits per heavy atom. The van der Waals surface area contributed by atoms with Crippen molar-refractivity contribution in [1.82, 2.24) is 0 Å². The molecule has 0 saturated carbocycles. The van der Waals surface area contributed by atoms with E-state index in [-0.39, 0.29) is 23.4 Å². The second kappa shape index (κ2) is 11.9. The molecule has 0 radical (unpaired) electrons. The lowest BCUT2D eigenvalue weighted by Crippen LogP contribution is -2.40. The Balaban J connectivity index is 1.17. The van der Waals surface area contributed by atoms with Crippen LogP contribution in [-0.4, -0.2) is 26.4 Å². The smallest absolute Gasteiger partial charge is 0.183 e. The van der Waals surface area contributed by atoms with Crippen molar-refractivity contribution in [3.8, 4) is 0 Å². The van der Waals surface area contributed by atoms with Gasteiger partial charge in [0.15, 0.2) is 12.6 Å². The first-order valence-corrected chi connectivity index (χ1v) is 16.4. The SMILES string of the molecule is CCCCc1c2c(c(CCCC)c3c1CC1(COC(c4ccccc4)OC1)C3)CC1(COC(c3ccccc3)OC1)C2. The third-order valence-electron chi connectivity index (χ3n) is 10.3. The van der Waals surface area contributed by atoms with Crippen LogP contribution in [0.3, 0.4) is 0 Å². The summed E-state index contributed by atoms with van der Waals surface area (Å²) in [6.07, 6.45) is 11.0. The summed E-state index contributed by atoms with van der Waals surface area (Å²) in [5.74, 6) is 0. The highest BCUT2D eigenvalue weighted by Crippen LogP contribution is 2.52. The quantitative estimate of drug-likeness (QED) is 0.277. The van der Waals surface area contributed by atoms with E-state index in [0.717, 1.165) is 63.2 Å². The molecule has 3 aromatic carbocycles. The minimum absolute atomic E-state index is 0.0439. The zero-order valence-corrected chi connectivity index (χ0v) is 25.5. The van der Waals surface area contributed by atoms with Crippen LogP contribution in [-0.2, 0) is 57.5 Å². The molecule has 0 aromatic heterocycles. The summed E-state index contributed by atoms with van der Waals surface area (Å²) in [7, 11) is 0. The van der Waals surface area contributed by atoms with Gasteiger partial charge in [0.25, 0.3) is 0 Å². The van der Waals surface area contributed by atoms with Crippen molar-refractivity contribution in [3.05, 3.63) is 105 Å². The maximum absolute atomic E-state index is 6.46. The molecule has 4 heteroatoms. The summed E-state index contributed by atoms with van der Waals surface area (Å²) >= 11 is 0. The Morgan fingerprint density at radius 2 is 0.857 bits per heavy atom. The highest BCUT2D eigenvalue weighted by Gasteiger charge is 2.49. The summed E-state index contributed by atoms with van der Waals surface area (Å²) < 4.78 is 25.8. The number of hydrogen-bond donors (Lipinski definition) is 0. The van der Waals surface area contributed by atoms with Gasteiger partial charge in [-0.05, 0) is 84.7 Å². The Labute approximate surface area is 251 Å². The predicted octanol–water partition coefficient (Wildman–Crippen LogP) is 8.03. The van der Waals surface area contributed by atoms with E-state index >= 15 is 0 Å². The van der Waals surface area contributed by atoms with E-state index in [4.69, 9.17) is 18.9 Å². The van der Waals surface area contributed by atoms with Crippen molar-refractivity contribution in [1.29, 1.82) is 0 Å². The number of hydrogen-bond acceptors (Lipinski definition) is 4. The van der Waals surface area contributed by atoms with Crippen LogP contribution in [0, 0.1) is 10.8 Å². The molecule has 2 aliphatic carbocycles. The lowest BCUT2D eigenvalue weighted by atomic mass is 9.83. The molecular weight excluding hydrogens is 520 g/mol. The third kappa shape index (κ3) is 5.26. The average molecular weight is 567 g/mol. The topological polar surface area (TPSA) is 36.9 Å². The average Bonchev–Trinajstić information content (AvgIpc) is 3.59. The van der Waals surface area contributed by atoms with Gasteiger partial charge in [0.2, 0.25) is 0 Å². The first-order valence-electron chi connectivity index (χ1n) is 16.4. The molecule has 42 heavy (non-hydrogen) atoms. The summed E-state index contributed by atoms with van der Waals surface area (Å²) in [4.78, 5) is 0. The molecule has 0 unspecified atom stereocenters. The lowest BCUT2D eigenvalue weighted by Gasteiger charge is -2.38. The van der Waals surface area contributed by atoms with Crippen LogP contribution in [0.4, 0.5) is 0 Å². The van der Waals surface area contributed by atoms with E-state index in [9.17, 15) is 0 Å².